The van der Waals surface area contributed by atoms with E-state index in [0.717, 1.165) is 24.2 Å². The first kappa shape index (κ1) is 16.2. The molecule has 0 aliphatic heterocycles. The van der Waals surface area contributed by atoms with E-state index in [9.17, 15) is 4.79 Å². The van der Waals surface area contributed by atoms with Crippen LogP contribution in [0.4, 0.5) is 0 Å². The van der Waals surface area contributed by atoms with Crippen LogP contribution < -0.4 is 5.73 Å². The van der Waals surface area contributed by atoms with Crippen molar-refractivity contribution in [3.05, 3.63) is 35.5 Å². The SMILES string of the molecule is CCCCCCOCc1cccc(-c2n[nH]nc2C(N)=O)c1. The third-order valence-corrected chi connectivity index (χ3v) is 3.39. The number of nitrogens with two attached hydrogens (primary N) is 1. The van der Waals surface area contributed by atoms with E-state index in [2.05, 4.69) is 22.3 Å². The number of nitrogens with one attached hydrogen (secondary N) is 1. The van der Waals surface area contributed by atoms with Gasteiger partial charge in [-0.25, -0.2) is 0 Å². The molecule has 0 bridgehead atoms. The molecule has 0 radical (unpaired) electrons. The third-order valence-electron chi connectivity index (χ3n) is 3.39. The Balaban J connectivity index is 1.95. The largest absolute Gasteiger partial charge is 0.377 e. The summed E-state index contributed by atoms with van der Waals surface area (Å²) in [6.45, 7) is 3.50. The van der Waals surface area contributed by atoms with Gasteiger partial charge in [0.25, 0.3) is 5.91 Å². The molecule has 0 saturated carbocycles. The van der Waals surface area contributed by atoms with Gasteiger partial charge in [-0.15, -0.1) is 0 Å². The van der Waals surface area contributed by atoms with E-state index >= 15 is 0 Å². The molecule has 6 nitrogen and oxygen atoms in total. The van der Waals surface area contributed by atoms with Gasteiger partial charge in [-0.2, -0.15) is 15.4 Å². The summed E-state index contributed by atoms with van der Waals surface area (Å²) in [5.41, 5.74) is 7.74. The Kier molecular flexibility index (Phi) is 6.09. The van der Waals surface area contributed by atoms with Crippen LogP contribution in [0.5, 0.6) is 0 Å². The van der Waals surface area contributed by atoms with E-state index in [0.29, 0.717) is 12.3 Å². The molecular formula is C16H22N4O2. The average molecular weight is 302 g/mol. The quantitative estimate of drug-likeness (QED) is 0.696. The summed E-state index contributed by atoms with van der Waals surface area (Å²) in [5, 5.41) is 10.2. The average Bonchev–Trinajstić information content (AvgIpc) is 3.01. The second-order valence-electron chi connectivity index (χ2n) is 5.20. The molecule has 1 amide bonds. The number of hydrogen-bond donors (Lipinski definition) is 2. The van der Waals surface area contributed by atoms with Crippen LogP contribution in [-0.4, -0.2) is 27.9 Å². The number of carbonyl (C=O) groups is 1. The molecule has 0 aliphatic rings. The predicted octanol–water partition coefficient (Wildman–Crippen LogP) is 2.67. The van der Waals surface area contributed by atoms with Gasteiger partial charge in [0.05, 0.1) is 6.61 Å². The number of rotatable bonds is 9. The fourth-order valence-electron chi connectivity index (χ4n) is 2.23. The number of ether oxygens (including phenoxy) is 1. The molecule has 22 heavy (non-hydrogen) atoms. The first-order chi connectivity index (χ1) is 10.7. The molecule has 1 heterocycles. The van der Waals surface area contributed by atoms with Gasteiger partial charge in [-0.05, 0) is 18.1 Å². The number of aromatic nitrogens is 3. The lowest BCUT2D eigenvalue weighted by Gasteiger charge is -2.06. The van der Waals surface area contributed by atoms with Crippen LogP contribution in [0.15, 0.2) is 24.3 Å². The number of amides is 1. The maximum Gasteiger partial charge on any atom is 0.271 e. The number of H-pyrrole nitrogens is 1. The molecule has 0 saturated heterocycles. The van der Waals surface area contributed by atoms with Crippen LogP contribution in [0.3, 0.4) is 0 Å². The molecule has 0 atom stereocenters. The van der Waals surface area contributed by atoms with Crippen LogP contribution >= 0.6 is 0 Å². The second-order valence-corrected chi connectivity index (χ2v) is 5.20. The molecule has 2 rings (SSSR count). The highest BCUT2D eigenvalue weighted by atomic mass is 16.5. The van der Waals surface area contributed by atoms with Crippen molar-refractivity contribution >= 4 is 5.91 Å². The Bertz CT molecular complexity index is 610. The minimum atomic E-state index is -0.596. The number of nitrogens with zero attached hydrogens (tertiary/aromatic N) is 2. The Morgan fingerprint density at radius 3 is 2.91 bits per heavy atom. The van der Waals surface area contributed by atoms with Crippen molar-refractivity contribution in [3.63, 3.8) is 0 Å². The number of hydrogen-bond acceptors (Lipinski definition) is 4. The topological polar surface area (TPSA) is 93.9 Å². The van der Waals surface area contributed by atoms with Crippen molar-refractivity contribution in [1.82, 2.24) is 15.4 Å². The van der Waals surface area contributed by atoms with Gasteiger partial charge in [0.2, 0.25) is 0 Å². The van der Waals surface area contributed by atoms with E-state index < -0.39 is 5.91 Å². The molecule has 6 heteroatoms. The highest BCUT2D eigenvalue weighted by Crippen LogP contribution is 2.21. The summed E-state index contributed by atoms with van der Waals surface area (Å²) in [7, 11) is 0. The normalized spacial score (nSPS) is 10.8. The molecule has 0 spiro atoms. The smallest absolute Gasteiger partial charge is 0.271 e. The zero-order valence-electron chi connectivity index (χ0n) is 12.8. The molecule has 1 aromatic heterocycles. The third kappa shape index (κ3) is 4.39. The van der Waals surface area contributed by atoms with Gasteiger partial charge in [0.15, 0.2) is 5.69 Å². The highest BCUT2D eigenvalue weighted by Gasteiger charge is 2.15. The van der Waals surface area contributed by atoms with E-state index in [1.807, 2.05) is 24.3 Å². The molecule has 0 aliphatic carbocycles. The molecule has 3 N–H and O–H groups in total. The highest BCUT2D eigenvalue weighted by molar-refractivity contribution is 5.96. The Morgan fingerprint density at radius 2 is 2.14 bits per heavy atom. The van der Waals surface area contributed by atoms with Crippen molar-refractivity contribution in [1.29, 1.82) is 0 Å². The van der Waals surface area contributed by atoms with Crippen molar-refractivity contribution < 1.29 is 9.53 Å². The molecule has 118 valence electrons. The Hall–Kier alpha value is -2.21. The van der Waals surface area contributed by atoms with E-state index in [1.54, 1.807) is 0 Å². The van der Waals surface area contributed by atoms with Gasteiger partial charge in [-0.3, -0.25) is 4.79 Å². The minimum absolute atomic E-state index is 0.151. The van der Waals surface area contributed by atoms with E-state index in [4.69, 9.17) is 10.5 Å². The predicted molar refractivity (Wildman–Crippen MR) is 84.1 cm³/mol. The summed E-state index contributed by atoms with van der Waals surface area (Å²) in [6.07, 6.45) is 4.77. The minimum Gasteiger partial charge on any atom is -0.377 e. The summed E-state index contributed by atoms with van der Waals surface area (Å²) < 4.78 is 5.68. The number of unbranched alkanes of at least 4 members (excludes halogenated alkanes) is 3. The van der Waals surface area contributed by atoms with Crippen LogP contribution in [-0.2, 0) is 11.3 Å². The van der Waals surface area contributed by atoms with Gasteiger partial charge >= 0.3 is 0 Å². The lowest BCUT2D eigenvalue weighted by atomic mass is 10.1. The maximum atomic E-state index is 11.3. The maximum absolute atomic E-state index is 11.3. The van der Waals surface area contributed by atoms with Crippen LogP contribution in [0.2, 0.25) is 0 Å². The van der Waals surface area contributed by atoms with Crippen molar-refractivity contribution in [2.24, 2.45) is 5.73 Å². The fourth-order valence-corrected chi connectivity index (χ4v) is 2.23. The van der Waals surface area contributed by atoms with E-state index in [-0.39, 0.29) is 5.69 Å². The van der Waals surface area contributed by atoms with Crippen molar-refractivity contribution in [3.8, 4) is 11.3 Å². The van der Waals surface area contributed by atoms with Crippen molar-refractivity contribution in [2.45, 2.75) is 39.2 Å². The van der Waals surface area contributed by atoms with Gasteiger partial charge in [0, 0.05) is 12.2 Å². The summed E-state index contributed by atoms with van der Waals surface area (Å²) >= 11 is 0. The fraction of sp³-hybridized carbons (Fsp3) is 0.438. The standard InChI is InChI=1S/C16H22N4O2/c1-2-3-4-5-9-22-11-12-7-6-8-13(10-12)14-15(16(17)21)19-20-18-14/h6-8,10H,2-5,9,11H2,1H3,(H2,17,21)(H,18,19,20). The lowest BCUT2D eigenvalue weighted by Crippen LogP contribution is -2.12. The molecule has 0 unspecified atom stereocenters. The Labute approximate surface area is 130 Å². The number of benzene rings is 1. The second kappa shape index (κ2) is 8.29. The lowest BCUT2D eigenvalue weighted by molar-refractivity contribution is 0.0996. The molecular weight excluding hydrogens is 280 g/mol. The Morgan fingerprint density at radius 1 is 1.27 bits per heavy atom. The number of aromatic amines is 1. The van der Waals surface area contributed by atoms with E-state index in [1.165, 1.54) is 19.3 Å². The zero-order valence-corrected chi connectivity index (χ0v) is 12.8. The number of primary amides is 1. The summed E-state index contributed by atoms with van der Waals surface area (Å²) in [5.74, 6) is -0.596. The van der Waals surface area contributed by atoms with Gasteiger partial charge in [0.1, 0.15) is 5.69 Å². The van der Waals surface area contributed by atoms with Gasteiger partial charge in [-0.1, -0.05) is 44.4 Å². The van der Waals surface area contributed by atoms with Crippen LogP contribution in [0, 0.1) is 0 Å². The monoisotopic (exact) mass is 302 g/mol. The van der Waals surface area contributed by atoms with Crippen LogP contribution in [0.1, 0.15) is 48.7 Å². The number of carbonyl (C=O) groups excluding carboxylic acids is 1. The molecule has 0 fully saturated rings. The molecule has 2 aromatic rings. The first-order valence-corrected chi connectivity index (χ1v) is 7.60. The van der Waals surface area contributed by atoms with Gasteiger partial charge < -0.3 is 10.5 Å². The molecule has 1 aromatic carbocycles. The summed E-state index contributed by atoms with van der Waals surface area (Å²) in [6, 6.07) is 7.70. The zero-order chi connectivity index (χ0) is 15.8. The van der Waals surface area contributed by atoms with Crippen LogP contribution in [0.25, 0.3) is 11.3 Å². The van der Waals surface area contributed by atoms with Crippen molar-refractivity contribution in [2.75, 3.05) is 6.61 Å². The summed E-state index contributed by atoms with van der Waals surface area (Å²) in [4.78, 5) is 11.3. The first-order valence-electron chi connectivity index (χ1n) is 7.60.